The summed E-state index contributed by atoms with van der Waals surface area (Å²) < 4.78 is 53.6. The number of ketones is 1. The summed E-state index contributed by atoms with van der Waals surface area (Å²) in [6, 6.07) is 6.98. The molecular formula is C17H14F4O. The molecule has 0 fully saturated rings. The van der Waals surface area contributed by atoms with Gasteiger partial charge in [-0.05, 0) is 37.1 Å². The zero-order valence-electron chi connectivity index (χ0n) is 11.7. The van der Waals surface area contributed by atoms with Gasteiger partial charge in [0.2, 0.25) is 0 Å². The number of carbonyl (C=O) groups is 1. The molecule has 5 heteroatoms. The number of rotatable bonds is 6. The zero-order valence-corrected chi connectivity index (χ0v) is 11.7. The molecule has 0 heterocycles. The van der Waals surface area contributed by atoms with E-state index in [1.807, 2.05) is 0 Å². The van der Waals surface area contributed by atoms with Crippen LogP contribution < -0.4 is 0 Å². The maximum atomic E-state index is 13.4. The fraction of sp³-hybridized carbons (Fsp3) is 0.235. The van der Waals surface area contributed by atoms with Crippen molar-refractivity contribution in [2.24, 2.45) is 0 Å². The second-order valence-corrected chi connectivity index (χ2v) is 4.94. The van der Waals surface area contributed by atoms with Crippen LogP contribution in [0, 0.1) is 23.3 Å². The summed E-state index contributed by atoms with van der Waals surface area (Å²) in [6.45, 7) is 0. The van der Waals surface area contributed by atoms with E-state index in [2.05, 4.69) is 0 Å². The van der Waals surface area contributed by atoms with Crippen LogP contribution in [-0.4, -0.2) is 5.78 Å². The summed E-state index contributed by atoms with van der Waals surface area (Å²) in [5.41, 5.74) is -0.291. The Morgan fingerprint density at radius 1 is 0.682 bits per heavy atom. The number of carbonyl (C=O) groups excluding carboxylic acids is 1. The van der Waals surface area contributed by atoms with Gasteiger partial charge in [-0.25, -0.2) is 17.6 Å². The van der Waals surface area contributed by atoms with Gasteiger partial charge in [-0.15, -0.1) is 0 Å². The van der Waals surface area contributed by atoms with Crippen LogP contribution in [0.1, 0.15) is 24.0 Å². The van der Waals surface area contributed by atoms with Gasteiger partial charge in [0.1, 0.15) is 29.1 Å². The summed E-state index contributed by atoms with van der Waals surface area (Å²) >= 11 is 0. The highest BCUT2D eigenvalue weighted by Crippen LogP contribution is 2.17. The lowest BCUT2D eigenvalue weighted by atomic mass is 10.0. The molecule has 0 aliphatic heterocycles. The number of halogens is 4. The van der Waals surface area contributed by atoms with Gasteiger partial charge in [-0.2, -0.15) is 0 Å². The van der Waals surface area contributed by atoms with Crippen molar-refractivity contribution in [2.75, 3.05) is 0 Å². The van der Waals surface area contributed by atoms with E-state index >= 15 is 0 Å². The normalized spacial score (nSPS) is 10.7. The Hall–Kier alpha value is -2.17. The highest BCUT2D eigenvalue weighted by atomic mass is 19.1. The summed E-state index contributed by atoms with van der Waals surface area (Å²) in [6.07, 6.45) is -0.296. The lowest BCUT2D eigenvalue weighted by molar-refractivity contribution is -0.119. The SMILES string of the molecule is O=C(CCc1c(F)cccc1F)CCc1c(F)cccc1F. The van der Waals surface area contributed by atoms with Crippen LogP contribution >= 0.6 is 0 Å². The Morgan fingerprint density at radius 3 is 1.32 bits per heavy atom. The predicted octanol–water partition coefficient (Wildman–Crippen LogP) is 4.38. The molecule has 0 spiro atoms. The van der Waals surface area contributed by atoms with Crippen LogP contribution in [0.3, 0.4) is 0 Å². The Balaban J connectivity index is 1.91. The van der Waals surface area contributed by atoms with Crippen LogP contribution in [0.25, 0.3) is 0 Å². The largest absolute Gasteiger partial charge is 0.300 e. The van der Waals surface area contributed by atoms with Crippen molar-refractivity contribution in [1.29, 1.82) is 0 Å². The minimum Gasteiger partial charge on any atom is -0.300 e. The highest BCUT2D eigenvalue weighted by Gasteiger charge is 2.13. The fourth-order valence-corrected chi connectivity index (χ4v) is 2.20. The first kappa shape index (κ1) is 16.2. The summed E-state index contributed by atoms with van der Waals surface area (Å²) in [5.74, 6) is -3.10. The van der Waals surface area contributed by atoms with Crippen molar-refractivity contribution >= 4 is 5.78 Å². The summed E-state index contributed by atoms with van der Waals surface area (Å²) in [7, 11) is 0. The van der Waals surface area contributed by atoms with Gasteiger partial charge in [0.25, 0.3) is 0 Å². The van der Waals surface area contributed by atoms with E-state index < -0.39 is 23.3 Å². The Labute approximate surface area is 125 Å². The minimum atomic E-state index is -0.701. The van der Waals surface area contributed by atoms with Gasteiger partial charge in [0, 0.05) is 24.0 Å². The van der Waals surface area contributed by atoms with Crippen LogP contribution in [-0.2, 0) is 17.6 Å². The van der Waals surface area contributed by atoms with Gasteiger partial charge < -0.3 is 0 Å². The van der Waals surface area contributed by atoms with Crippen LogP contribution in [0.15, 0.2) is 36.4 Å². The molecular weight excluding hydrogens is 296 g/mol. The Kier molecular flexibility index (Phi) is 5.31. The second kappa shape index (κ2) is 7.20. The standard InChI is InChI=1S/C17H14F4O/c18-14-3-1-4-15(19)12(14)9-7-11(22)8-10-13-16(20)5-2-6-17(13)21/h1-6H,7-10H2. The van der Waals surface area contributed by atoms with Gasteiger partial charge in [0.15, 0.2) is 0 Å². The molecule has 0 atom stereocenters. The first-order valence-electron chi connectivity index (χ1n) is 6.86. The molecule has 0 aromatic heterocycles. The lowest BCUT2D eigenvalue weighted by Crippen LogP contribution is -2.06. The van der Waals surface area contributed by atoms with E-state index in [9.17, 15) is 22.4 Å². The van der Waals surface area contributed by atoms with Gasteiger partial charge in [0.05, 0.1) is 0 Å². The molecule has 0 unspecified atom stereocenters. The third-order valence-electron chi connectivity index (χ3n) is 3.43. The van der Waals surface area contributed by atoms with E-state index in [1.165, 1.54) is 12.1 Å². The summed E-state index contributed by atoms with van der Waals surface area (Å²) in [5, 5.41) is 0. The molecule has 0 aliphatic rings. The van der Waals surface area contributed by atoms with Crippen molar-refractivity contribution in [2.45, 2.75) is 25.7 Å². The number of hydrogen-bond donors (Lipinski definition) is 0. The molecule has 0 N–H and O–H groups in total. The quantitative estimate of drug-likeness (QED) is 0.724. The van der Waals surface area contributed by atoms with Crippen molar-refractivity contribution in [3.63, 3.8) is 0 Å². The van der Waals surface area contributed by atoms with E-state index in [0.717, 1.165) is 24.3 Å². The molecule has 22 heavy (non-hydrogen) atoms. The van der Waals surface area contributed by atoms with Gasteiger partial charge >= 0.3 is 0 Å². The van der Waals surface area contributed by atoms with E-state index in [1.54, 1.807) is 0 Å². The van der Waals surface area contributed by atoms with E-state index in [-0.39, 0.29) is 42.6 Å². The Morgan fingerprint density at radius 2 is 1.00 bits per heavy atom. The molecule has 2 rings (SSSR count). The molecule has 0 saturated heterocycles. The molecule has 0 bridgehead atoms. The maximum absolute atomic E-state index is 13.4. The highest BCUT2D eigenvalue weighted by molar-refractivity contribution is 5.78. The zero-order chi connectivity index (χ0) is 16.1. The van der Waals surface area contributed by atoms with Crippen molar-refractivity contribution in [1.82, 2.24) is 0 Å². The van der Waals surface area contributed by atoms with E-state index in [0.29, 0.717) is 0 Å². The van der Waals surface area contributed by atoms with Gasteiger partial charge in [-0.1, -0.05) is 12.1 Å². The Bertz CT molecular complexity index is 584. The van der Waals surface area contributed by atoms with Crippen LogP contribution in [0.2, 0.25) is 0 Å². The lowest BCUT2D eigenvalue weighted by Gasteiger charge is -2.06. The molecule has 0 aliphatic carbocycles. The second-order valence-electron chi connectivity index (χ2n) is 4.94. The van der Waals surface area contributed by atoms with Crippen LogP contribution in [0.4, 0.5) is 17.6 Å². The molecule has 1 nitrogen and oxygen atoms in total. The average molecular weight is 310 g/mol. The number of Topliss-reactive ketones (excluding diaryl/α,β-unsaturated/α-hetero) is 1. The third kappa shape index (κ3) is 3.93. The number of benzene rings is 2. The topological polar surface area (TPSA) is 17.1 Å². The molecule has 2 aromatic carbocycles. The first-order chi connectivity index (χ1) is 10.5. The van der Waals surface area contributed by atoms with Crippen molar-refractivity contribution < 1.29 is 22.4 Å². The summed E-state index contributed by atoms with van der Waals surface area (Å²) in [4.78, 5) is 11.7. The van der Waals surface area contributed by atoms with Crippen molar-refractivity contribution in [3.05, 3.63) is 70.8 Å². The number of hydrogen-bond acceptors (Lipinski definition) is 1. The molecule has 0 saturated carbocycles. The van der Waals surface area contributed by atoms with Gasteiger partial charge in [-0.3, -0.25) is 4.79 Å². The molecule has 0 radical (unpaired) electrons. The molecule has 116 valence electrons. The van der Waals surface area contributed by atoms with Crippen LogP contribution in [0.5, 0.6) is 0 Å². The maximum Gasteiger partial charge on any atom is 0.133 e. The van der Waals surface area contributed by atoms with E-state index in [4.69, 9.17) is 0 Å². The third-order valence-corrected chi connectivity index (χ3v) is 3.43. The average Bonchev–Trinajstić information content (AvgIpc) is 2.46. The molecule has 2 aromatic rings. The van der Waals surface area contributed by atoms with Crippen molar-refractivity contribution in [3.8, 4) is 0 Å². The monoisotopic (exact) mass is 310 g/mol. The smallest absolute Gasteiger partial charge is 0.133 e. The molecule has 0 amide bonds. The first-order valence-corrected chi connectivity index (χ1v) is 6.86. The predicted molar refractivity (Wildman–Crippen MR) is 74.4 cm³/mol. The minimum absolute atomic E-state index is 0.0723. The fourth-order valence-electron chi connectivity index (χ4n) is 2.20.